The number of hydrogen-bond donors (Lipinski definition) is 2. The summed E-state index contributed by atoms with van der Waals surface area (Å²) < 4.78 is 1.66. The minimum atomic E-state index is -0.584. The van der Waals surface area contributed by atoms with Crippen molar-refractivity contribution in [3.63, 3.8) is 0 Å². The number of aromatic nitrogens is 1. The molecular formula is C20H27N3O4. The predicted molar refractivity (Wildman–Crippen MR) is 99.2 cm³/mol. The van der Waals surface area contributed by atoms with Crippen LogP contribution in [0.3, 0.4) is 0 Å². The van der Waals surface area contributed by atoms with Gasteiger partial charge in [-0.25, -0.2) is 0 Å². The van der Waals surface area contributed by atoms with Crippen LogP contribution in [0.25, 0.3) is 0 Å². The van der Waals surface area contributed by atoms with Gasteiger partial charge in [0.2, 0.25) is 11.8 Å². The minimum Gasteiger partial charge on any atom is -0.393 e. The molecule has 1 saturated carbocycles. The SMILES string of the molecule is CC(=O)N1C[C@H]2C[C@@H](C1)[C@H](C(=O)NC1CCC(O)CC1)n1c2cccc1=O. The molecule has 1 saturated heterocycles. The summed E-state index contributed by atoms with van der Waals surface area (Å²) in [6, 6.07) is 4.60. The van der Waals surface area contributed by atoms with Gasteiger partial charge >= 0.3 is 0 Å². The van der Waals surface area contributed by atoms with Crippen molar-refractivity contribution in [1.29, 1.82) is 0 Å². The summed E-state index contributed by atoms with van der Waals surface area (Å²) in [5, 5.41) is 12.8. The lowest BCUT2D eigenvalue weighted by molar-refractivity contribution is -0.136. The summed E-state index contributed by atoms with van der Waals surface area (Å²) in [4.78, 5) is 39.6. The molecule has 0 unspecified atom stereocenters. The van der Waals surface area contributed by atoms with Gasteiger partial charge in [0.05, 0.1) is 6.10 Å². The Bertz CT molecular complexity index is 797. The third-order valence-corrected chi connectivity index (χ3v) is 6.40. The van der Waals surface area contributed by atoms with Crippen molar-refractivity contribution >= 4 is 11.8 Å². The number of rotatable bonds is 2. The second kappa shape index (κ2) is 7.11. The Labute approximate surface area is 158 Å². The lowest BCUT2D eigenvalue weighted by Gasteiger charge is -2.46. The number of pyridine rings is 1. The standard InChI is InChI=1S/C20H27N3O4/c1-12(24)22-10-13-9-14(11-22)19(23-17(13)3-2-4-18(23)26)20(27)21-15-5-7-16(25)8-6-15/h2-4,13-16,19,25H,5-11H2,1H3,(H,21,27)/t13-,14+,15?,16?,19-/m1/s1. The van der Waals surface area contributed by atoms with Crippen LogP contribution >= 0.6 is 0 Å². The number of aliphatic hydroxyl groups excluding tert-OH is 1. The van der Waals surface area contributed by atoms with Crippen LogP contribution in [-0.2, 0) is 9.59 Å². The van der Waals surface area contributed by atoms with E-state index in [4.69, 9.17) is 0 Å². The molecule has 2 N–H and O–H groups in total. The Balaban J connectivity index is 1.64. The van der Waals surface area contributed by atoms with Gasteiger partial charge in [0.1, 0.15) is 6.04 Å². The molecule has 2 fully saturated rings. The molecule has 4 rings (SSSR count). The molecule has 7 heteroatoms. The van der Waals surface area contributed by atoms with Gasteiger partial charge in [0.25, 0.3) is 5.56 Å². The number of fused-ring (bicyclic) bond motifs is 4. The average Bonchev–Trinajstić information content (AvgIpc) is 2.64. The van der Waals surface area contributed by atoms with Crippen molar-refractivity contribution in [2.24, 2.45) is 5.92 Å². The van der Waals surface area contributed by atoms with Crippen LogP contribution in [0.1, 0.15) is 56.7 Å². The van der Waals surface area contributed by atoms with E-state index in [0.717, 1.165) is 25.0 Å². The zero-order chi connectivity index (χ0) is 19.1. The zero-order valence-electron chi connectivity index (χ0n) is 15.6. The van der Waals surface area contributed by atoms with E-state index in [1.807, 2.05) is 6.07 Å². The van der Waals surface area contributed by atoms with E-state index in [0.29, 0.717) is 25.9 Å². The van der Waals surface area contributed by atoms with E-state index >= 15 is 0 Å². The maximum absolute atomic E-state index is 13.2. The van der Waals surface area contributed by atoms with Crippen LogP contribution in [0.4, 0.5) is 0 Å². The quantitative estimate of drug-likeness (QED) is 0.801. The van der Waals surface area contributed by atoms with Gasteiger partial charge in [-0.1, -0.05) is 6.07 Å². The van der Waals surface area contributed by atoms with Crippen molar-refractivity contribution in [3.8, 4) is 0 Å². The van der Waals surface area contributed by atoms with Gasteiger partial charge < -0.3 is 15.3 Å². The first kappa shape index (κ1) is 18.2. The molecule has 7 nitrogen and oxygen atoms in total. The van der Waals surface area contributed by atoms with E-state index in [1.54, 1.807) is 22.5 Å². The van der Waals surface area contributed by atoms with Gasteiger partial charge in [-0.3, -0.25) is 19.0 Å². The molecule has 3 aliphatic rings. The molecule has 27 heavy (non-hydrogen) atoms. The van der Waals surface area contributed by atoms with Crippen LogP contribution in [-0.4, -0.2) is 51.6 Å². The van der Waals surface area contributed by atoms with E-state index in [9.17, 15) is 19.5 Å². The first-order chi connectivity index (χ1) is 12.9. The molecule has 2 aliphatic heterocycles. The Kier molecular flexibility index (Phi) is 4.80. The largest absolute Gasteiger partial charge is 0.393 e. The topological polar surface area (TPSA) is 91.6 Å². The molecule has 0 radical (unpaired) electrons. The van der Waals surface area contributed by atoms with E-state index in [2.05, 4.69) is 5.32 Å². The highest BCUT2D eigenvalue weighted by Gasteiger charge is 2.44. The number of hydrogen-bond acceptors (Lipinski definition) is 4. The second-order valence-electron chi connectivity index (χ2n) is 8.23. The fraction of sp³-hybridized carbons (Fsp3) is 0.650. The molecule has 1 aromatic heterocycles. The third kappa shape index (κ3) is 3.40. The smallest absolute Gasteiger partial charge is 0.251 e. The molecule has 1 aromatic rings. The summed E-state index contributed by atoms with van der Waals surface area (Å²) in [5.41, 5.74) is 0.696. The predicted octanol–water partition coefficient (Wildman–Crippen LogP) is 0.775. The Morgan fingerprint density at radius 1 is 1.15 bits per heavy atom. The summed E-state index contributed by atoms with van der Waals surface area (Å²) in [5.74, 6) is -0.0958. The zero-order valence-corrected chi connectivity index (χ0v) is 15.6. The average molecular weight is 373 g/mol. The van der Waals surface area contributed by atoms with Crippen LogP contribution < -0.4 is 10.9 Å². The first-order valence-corrected chi connectivity index (χ1v) is 9.89. The van der Waals surface area contributed by atoms with Gasteiger partial charge in [-0.2, -0.15) is 0 Å². The number of likely N-dealkylation sites (tertiary alicyclic amines) is 1. The number of aliphatic hydroxyl groups is 1. The third-order valence-electron chi connectivity index (χ3n) is 6.40. The molecule has 3 heterocycles. The minimum absolute atomic E-state index is 0.0110. The number of nitrogens with one attached hydrogen (secondary N) is 1. The van der Waals surface area contributed by atoms with Gasteiger partial charge in [-0.15, -0.1) is 0 Å². The fourth-order valence-corrected chi connectivity index (χ4v) is 5.03. The highest BCUT2D eigenvalue weighted by molar-refractivity contribution is 5.82. The lowest BCUT2D eigenvalue weighted by Crippen LogP contribution is -2.55. The Morgan fingerprint density at radius 2 is 1.89 bits per heavy atom. The van der Waals surface area contributed by atoms with E-state index < -0.39 is 6.04 Å². The first-order valence-electron chi connectivity index (χ1n) is 9.89. The van der Waals surface area contributed by atoms with Gasteiger partial charge in [0, 0.05) is 49.7 Å². The number of nitrogens with zero attached hydrogens (tertiary/aromatic N) is 2. The maximum Gasteiger partial charge on any atom is 0.251 e. The molecule has 2 amide bonds. The fourth-order valence-electron chi connectivity index (χ4n) is 5.03. The van der Waals surface area contributed by atoms with Crippen LogP contribution in [0.5, 0.6) is 0 Å². The van der Waals surface area contributed by atoms with Gasteiger partial charge in [-0.05, 0) is 38.2 Å². The van der Waals surface area contributed by atoms with Crippen molar-refractivity contribution < 1.29 is 14.7 Å². The van der Waals surface area contributed by atoms with Crippen molar-refractivity contribution in [2.45, 2.75) is 63.1 Å². The van der Waals surface area contributed by atoms with Crippen LogP contribution in [0.15, 0.2) is 23.0 Å². The molecule has 0 aromatic carbocycles. The molecule has 0 spiro atoms. The number of piperidine rings is 1. The molecule has 146 valence electrons. The Morgan fingerprint density at radius 3 is 2.59 bits per heavy atom. The number of amides is 2. The molecule has 2 bridgehead atoms. The number of carbonyl (C=O) groups excluding carboxylic acids is 2. The molecule has 1 aliphatic carbocycles. The summed E-state index contributed by atoms with van der Waals surface area (Å²) in [6.45, 7) is 2.67. The summed E-state index contributed by atoms with van der Waals surface area (Å²) in [6.07, 6.45) is 3.42. The second-order valence-corrected chi connectivity index (χ2v) is 8.23. The Hall–Kier alpha value is -2.15. The highest BCUT2D eigenvalue weighted by atomic mass is 16.3. The monoisotopic (exact) mass is 373 g/mol. The van der Waals surface area contributed by atoms with Crippen molar-refractivity contribution in [3.05, 3.63) is 34.2 Å². The van der Waals surface area contributed by atoms with E-state index in [-0.39, 0.29) is 41.4 Å². The van der Waals surface area contributed by atoms with Gasteiger partial charge in [0.15, 0.2) is 0 Å². The molecule has 3 atom stereocenters. The van der Waals surface area contributed by atoms with Crippen molar-refractivity contribution in [1.82, 2.24) is 14.8 Å². The van der Waals surface area contributed by atoms with Crippen molar-refractivity contribution in [2.75, 3.05) is 13.1 Å². The molecular weight excluding hydrogens is 346 g/mol. The highest BCUT2D eigenvalue weighted by Crippen LogP contribution is 2.41. The summed E-state index contributed by atoms with van der Waals surface area (Å²) >= 11 is 0. The lowest BCUT2D eigenvalue weighted by atomic mass is 9.78. The van der Waals surface area contributed by atoms with E-state index in [1.165, 1.54) is 6.07 Å². The van der Waals surface area contributed by atoms with Crippen LogP contribution in [0.2, 0.25) is 0 Å². The maximum atomic E-state index is 13.2. The van der Waals surface area contributed by atoms with Crippen LogP contribution in [0, 0.1) is 5.92 Å². The summed E-state index contributed by atoms with van der Waals surface area (Å²) in [7, 11) is 0. The normalized spacial score (nSPS) is 32.5. The number of carbonyl (C=O) groups is 2.